The van der Waals surface area contributed by atoms with Gasteiger partial charge in [0.2, 0.25) is 0 Å². The molecule has 0 radical (unpaired) electrons. The van der Waals surface area contributed by atoms with Gasteiger partial charge in [-0.25, -0.2) is 0 Å². The maximum Gasteiger partial charge on any atom is 0.460 e. The van der Waals surface area contributed by atoms with Crippen molar-refractivity contribution in [3.05, 3.63) is 21.9 Å². The van der Waals surface area contributed by atoms with Crippen LogP contribution in [-0.2, 0) is 11.3 Å². The van der Waals surface area contributed by atoms with Crippen LogP contribution in [0.4, 0.5) is 36.6 Å². The first-order valence-corrected chi connectivity index (χ1v) is 6.01. The Kier molecular flexibility index (Phi) is 5.10. The highest BCUT2D eigenvalue weighted by Gasteiger charge is 2.76. The molecule has 0 spiro atoms. The molecule has 136 valence electrons. The van der Waals surface area contributed by atoms with Crippen LogP contribution in [0.25, 0.3) is 0 Å². The summed E-state index contributed by atoms with van der Waals surface area (Å²) in [6.45, 7) is 0.0787. The number of aromatic nitrogens is 2. The number of nitro groups is 1. The third-order valence-electron chi connectivity index (χ3n) is 2.80. The Hall–Kier alpha value is -2.41. The second-order valence-corrected chi connectivity index (χ2v) is 4.53. The van der Waals surface area contributed by atoms with Crippen LogP contribution in [-0.4, -0.2) is 45.2 Å². The molecule has 0 aliphatic rings. The minimum Gasteiger partial charge on any atom is -0.358 e. The Morgan fingerprint density at radius 1 is 1.29 bits per heavy atom. The number of carbonyl (C=O) groups excluding carboxylic acids is 1. The van der Waals surface area contributed by atoms with Gasteiger partial charge in [0.25, 0.3) is 5.91 Å². The lowest BCUT2D eigenvalue weighted by atomic mass is 10.1. The minimum absolute atomic E-state index is 0.184. The van der Waals surface area contributed by atoms with E-state index >= 15 is 0 Å². The summed E-state index contributed by atoms with van der Waals surface area (Å²) in [6, 6.07) is 1.01. The van der Waals surface area contributed by atoms with Crippen LogP contribution < -0.4 is 5.32 Å². The van der Waals surface area contributed by atoms with Gasteiger partial charge in [0, 0.05) is 6.54 Å². The molecule has 1 rings (SSSR count). The van der Waals surface area contributed by atoms with Crippen molar-refractivity contribution in [3.8, 4) is 0 Å². The number of nitrogens with zero attached hydrogens (tertiary/aromatic N) is 3. The Balaban J connectivity index is 2.74. The molecule has 0 bridgehead atoms. The zero-order chi connectivity index (χ0) is 18.9. The third kappa shape index (κ3) is 3.56. The van der Waals surface area contributed by atoms with E-state index in [1.165, 1.54) is 12.2 Å². The van der Waals surface area contributed by atoms with Gasteiger partial charge < -0.3 is 15.4 Å². The SMILES string of the molecule is Cc1cc([N+](=O)[O-])nn1CCNC(=O)C(F)(F)C(F)(F)C(F)(F)F. The van der Waals surface area contributed by atoms with Crippen molar-refractivity contribution in [1.82, 2.24) is 15.1 Å². The minimum atomic E-state index is -6.62. The van der Waals surface area contributed by atoms with Gasteiger partial charge in [-0.05, 0) is 11.8 Å². The molecule has 0 aromatic carbocycles. The summed E-state index contributed by atoms with van der Waals surface area (Å²) in [5.74, 6) is -16.0. The molecular formula is C10H9F7N4O3. The summed E-state index contributed by atoms with van der Waals surface area (Å²) < 4.78 is 87.9. The van der Waals surface area contributed by atoms with Crippen molar-refractivity contribution in [2.45, 2.75) is 31.5 Å². The highest BCUT2D eigenvalue weighted by atomic mass is 19.4. The van der Waals surface area contributed by atoms with E-state index in [1.54, 1.807) is 0 Å². The Labute approximate surface area is 128 Å². The average molecular weight is 366 g/mol. The standard InChI is InChI=1S/C10H9F7N4O3/c1-5-4-6(21(23)24)19-20(5)3-2-18-7(22)8(11,12)9(13,14)10(15,16)17/h4H,2-3H2,1H3,(H,18,22). The van der Waals surface area contributed by atoms with Crippen LogP contribution in [0.5, 0.6) is 0 Å². The molecule has 0 saturated carbocycles. The van der Waals surface area contributed by atoms with E-state index in [0.717, 1.165) is 10.7 Å². The third-order valence-corrected chi connectivity index (χ3v) is 2.80. The van der Waals surface area contributed by atoms with Gasteiger partial charge in [-0.15, -0.1) is 0 Å². The van der Waals surface area contributed by atoms with Crippen molar-refractivity contribution >= 4 is 11.7 Å². The lowest BCUT2D eigenvalue weighted by Crippen LogP contribution is -2.59. The number of nitrogens with one attached hydrogen (secondary N) is 1. The van der Waals surface area contributed by atoms with Gasteiger partial charge in [0.15, 0.2) is 0 Å². The first kappa shape index (κ1) is 19.6. The highest BCUT2D eigenvalue weighted by molar-refractivity contribution is 5.84. The predicted octanol–water partition coefficient (Wildman–Crippen LogP) is 2.05. The van der Waals surface area contributed by atoms with E-state index in [9.17, 15) is 45.6 Å². The zero-order valence-corrected chi connectivity index (χ0v) is 11.7. The second kappa shape index (κ2) is 6.24. The highest BCUT2D eigenvalue weighted by Crippen LogP contribution is 2.46. The van der Waals surface area contributed by atoms with Crippen molar-refractivity contribution in [2.75, 3.05) is 6.54 Å². The molecule has 0 aliphatic carbocycles. The molecule has 7 nitrogen and oxygen atoms in total. The van der Waals surface area contributed by atoms with E-state index in [1.807, 2.05) is 0 Å². The van der Waals surface area contributed by atoms with Gasteiger partial charge in [-0.3, -0.25) is 4.79 Å². The molecule has 0 aliphatic heterocycles. The maximum atomic E-state index is 13.0. The molecule has 0 fully saturated rings. The molecule has 14 heteroatoms. The predicted molar refractivity (Wildman–Crippen MR) is 62.6 cm³/mol. The van der Waals surface area contributed by atoms with E-state index in [0.29, 0.717) is 0 Å². The number of rotatable bonds is 6. The topological polar surface area (TPSA) is 90.1 Å². The molecule has 1 aromatic heterocycles. The van der Waals surface area contributed by atoms with Gasteiger partial charge >= 0.3 is 23.8 Å². The Morgan fingerprint density at radius 3 is 2.25 bits per heavy atom. The Morgan fingerprint density at radius 2 is 1.83 bits per heavy atom. The zero-order valence-electron chi connectivity index (χ0n) is 11.7. The van der Waals surface area contributed by atoms with Gasteiger partial charge in [-0.1, -0.05) is 0 Å². The number of halogens is 7. The molecule has 0 atom stereocenters. The van der Waals surface area contributed by atoms with Crippen LogP contribution in [0.2, 0.25) is 0 Å². The van der Waals surface area contributed by atoms with Crippen molar-refractivity contribution in [1.29, 1.82) is 0 Å². The van der Waals surface area contributed by atoms with E-state index < -0.39 is 47.8 Å². The monoisotopic (exact) mass is 366 g/mol. The number of amides is 1. The van der Waals surface area contributed by atoms with Crippen LogP contribution in [0, 0.1) is 17.0 Å². The van der Waals surface area contributed by atoms with Crippen molar-refractivity contribution < 1.29 is 40.5 Å². The summed E-state index contributed by atoms with van der Waals surface area (Å²) in [7, 11) is 0. The quantitative estimate of drug-likeness (QED) is 0.474. The van der Waals surface area contributed by atoms with Crippen LogP contribution in [0.3, 0.4) is 0 Å². The first-order chi connectivity index (χ1) is 10.7. The normalized spacial score (nSPS) is 13.0. The second-order valence-electron chi connectivity index (χ2n) is 4.53. The van der Waals surface area contributed by atoms with E-state index in [4.69, 9.17) is 0 Å². The number of hydrogen-bond donors (Lipinski definition) is 1. The van der Waals surface area contributed by atoms with E-state index in [2.05, 4.69) is 5.10 Å². The molecule has 1 heterocycles. The maximum absolute atomic E-state index is 13.0. The molecule has 1 N–H and O–H groups in total. The molecule has 24 heavy (non-hydrogen) atoms. The largest absolute Gasteiger partial charge is 0.460 e. The fraction of sp³-hybridized carbons (Fsp3) is 0.600. The van der Waals surface area contributed by atoms with Gasteiger partial charge in [-0.2, -0.15) is 35.4 Å². The smallest absolute Gasteiger partial charge is 0.358 e. The van der Waals surface area contributed by atoms with Crippen LogP contribution in [0.15, 0.2) is 6.07 Å². The lowest BCUT2D eigenvalue weighted by Gasteiger charge is -2.26. The number of carbonyl (C=O) groups is 1. The van der Waals surface area contributed by atoms with Crippen molar-refractivity contribution in [2.24, 2.45) is 0 Å². The molecular weight excluding hydrogens is 357 g/mol. The number of alkyl halides is 7. The van der Waals surface area contributed by atoms with Gasteiger partial charge in [0.05, 0.1) is 23.4 Å². The molecule has 0 saturated heterocycles. The van der Waals surface area contributed by atoms with Crippen LogP contribution >= 0.6 is 0 Å². The summed E-state index contributed by atoms with van der Waals surface area (Å²) in [6.07, 6.45) is -6.62. The van der Waals surface area contributed by atoms with E-state index in [-0.39, 0.29) is 5.69 Å². The lowest BCUT2D eigenvalue weighted by molar-refractivity contribution is -0.389. The average Bonchev–Trinajstić information content (AvgIpc) is 2.79. The summed E-state index contributed by atoms with van der Waals surface area (Å²) in [5, 5.41) is 15.1. The molecule has 1 amide bonds. The Bertz CT molecular complexity index is 641. The van der Waals surface area contributed by atoms with Gasteiger partial charge in [0.1, 0.15) is 0 Å². The fourth-order valence-corrected chi connectivity index (χ4v) is 1.52. The van der Waals surface area contributed by atoms with Crippen molar-refractivity contribution in [3.63, 3.8) is 0 Å². The summed E-state index contributed by atoms with van der Waals surface area (Å²) >= 11 is 0. The summed E-state index contributed by atoms with van der Waals surface area (Å²) in [4.78, 5) is 20.6. The fourth-order valence-electron chi connectivity index (χ4n) is 1.52. The summed E-state index contributed by atoms with van der Waals surface area (Å²) in [5.41, 5.74) is 0.184. The number of hydrogen-bond acceptors (Lipinski definition) is 4. The first-order valence-electron chi connectivity index (χ1n) is 6.01. The van der Waals surface area contributed by atoms with Crippen LogP contribution in [0.1, 0.15) is 5.69 Å². The molecule has 0 unspecified atom stereocenters. The molecule has 1 aromatic rings. The number of aryl methyl sites for hydroxylation is 1.